The van der Waals surface area contributed by atoms with Gasteiger partial charge < -0.3 is 14.2 Å². The summed E-state index contributed by atoms with van der Waals surface area (Å²) in [5.41, 5.74) is 0. The van der Waals surface area contributed by atoms with E-state index in [9.17, 15) is 14.4 Å². The molecule has 1 unspecified atom stereocenters. The lowest BCUT2D eigenvalue weighted by molar-refractivity contribution is -0.167. The number of rotatable bonds is 58. The number of carbonyl (C=O) groups is 3. The second-order valence-electron chi connectivity index (χ2n) is 21.3. The average Bonchev–Trinajstić information content (AvgIpc) is 3.45. The molecule has 0 aromatic rings. The SMILES string of the molecule is CC/C=C\C/C=C\C/C=C\C/C=C\C/C=C\C/C=C\C/C=C\C/C=C\CCCCCCC(=O)OCC(COC(=O)CCCCCCC/C=C\CCCC)OC(=O)CCCCCCCCCCC/C=C\C/C=C\CCCCCCC. The van der Waals surface area contributed by atoms with Crippen molar-refractivity contribution in [1.29, 1.82) is 0 Å². The van der Waals surface area contributed by atoms with Gasteiger partial charge in [-0.15, -0.1) is 0 Å². The van der Waals surface area contributed by atoms with Gasteiger partial charge >= 0.3 is 17.9 Å². The van der Waals surface area contributed by atoms with E-state index in [1.54, 1.807) is 0 Å². The maximum Gasteiger partial charge on any atom is 0.306 e. The number of allylic oxidation sites excluding steroid dienone is 22. The normalized spacial score (nSPS) is 13.0. The molecule has 448 valence electrons. The summed E-state index contributed by atoms with van der Waals surface area (Å²) in [5, 5.41) is 0. The van der Waals surface area contributed by atoms with E-state index in [2.05, 4.69) is 154 Å². The average molecular weight is 1090 g/mol. The maximum atomic E-state index is 12.9. The Morgan fingerprint density at radius 3 is 0.823 bits per heavy atom. The molecular weight excluding hydrogens is 973 g/mol. The van der Waals surface area contributed by atoms with Crippen LogP contribution in [-0.2, 0) is 28.6 Å². The molecule has 0 heterocycles. The molecule has 0 radical (unpaired) electrons. The van der Waals surface area contributed by atoms with Crippen LogP contribution in [0.15, 0.2) is 134 Å². The van der Waals surface area contributed by atoms with E-state index in [0.29, 0.717) is 19.3 Å². The molecule has 0 spiro atoms. The van der Waals surface area contributed by atoms with Gasteiger partial charge in [0.15, 0.2) is 6.10 Å². The van der Waals surface area contributed by atoms with Gasteiger partial charge in [-0.2, -0.15) is 0 Å². The molecule has 0 saturated carbocycles. The molecule has 6 heteroatoms. The fourth-order valence-corrected chi connectivity index (χ4v) is 8.70. The van der Waals surface area contributed by atoms with Crippen molar-refractivity contribution in [2.75, 3.05) is 13.2 Å². The van der Waals surface area contributed by atoms with Gasteiger partial charge in [-0.25, -0.2) is 0 Å². The van der Waals surface area contributed by atoms with Crippen LogP contribution in [0.2, 0.25) is 0 Å². The summed E-state index contributed by atoms with van der Waals surface area (Å²) in [5.74, 6) is -0.933. The largest absolute Gasteiger partial charge is 0.462 e. The molecule has 0 aliphatic rings. The lowest BCUT2D eigenvalue weighted by Crippen LogP contribution is -2.30. The van der Waals surface area contributed by atoms with Crippen molar-refractivity contribution < 1.29 is 28.6 Å². The third-order valence-electron chi connectivity index (χ3n) is 13.6. The minimum Gasteiger partial charge on any atom is -0.462 e. The standard InChI is InChI=1S/C73H120O6/c1-4-7-10-13-16-19-22-24-26-28-30-32-33-34-35-36-37-38-39-41-42-44-46-48-51-54-57-60-63-66-72(75)78-69-70(68-77-71(74)65-62-59-56-53-50-21-18-15-12-9-6-3)79-73(76)67-64-61-58-55-52-49-47-45-43-40-31-29-27-25-23-20-17-14-11-8-5-2/h7,10,15-16,18-19,23-26,29-32,34-35,37-38,41-42,46,48,70H,4-6,8-9,11-14,17,20-22,27-28,33,36,39-40,43-45,47,49-69H2,1-3H3/b10-7-,18-15-,19-16-,25-23-,26-24-,31-29-,32-30-,35-34-,38-37-,42-41-,48-46-. The van der Waals surface area contributed by atoms with Gasteiger partial charge in [0, 0.05) is 19.3 Å². The van der Waals surface area contributed by atoms with E-state index >= 15 is 0 Å². The molecule has 0 saturated heterocycles. The Hall–Kier alpha value is -4.45. The van der Waals surface area contributed by atoms with Crippen LogP contribution in [0.5, 0.6) is 0 Å². The molecule has 0 aromatic heterocycles. The molecule has 0 rings (SSSR count). The molecule has 79 heavy (non-hydrogen) atoms. The smallest absolute Gasteiger partial charge is 0.306 e. The van der Waals surface area contributed by atoms with Gasteiger partial charge in [-0.05, 0) is 135 Å². The minimum atomic E-state index is -0.800. The zero-order valence-corrected chi connectivity index (χ0v) is 51.3. The Morgan fingerprint density at radius 1 is 0.266 bits per heavy atom. The Balaban J connectivity index is 4.36. The van der Waals surface area contributed by atoms with Crippen molar-refractivity contribution in [1.82, 2.24) is 0 Å². The second kappa shape index (κ2) is 66.1. The molecule has 1 atom stereocenters. The third-order valence-corrected chi connectivity index (χ3v) is 13.6. The quantitative estimate of drug-likeness (QED) is 0.0261. The molecule has 0 aliphatic heterocycles. The number of unbranched alkanes of at least 4 members (excludes halogenated alkanes) is 25. The molecule has 0 bridgehead atoms. The Kier molecular flexibility index (Phi) is 62.3. The van der Waals surface area contributed by atoms with Crippen molar-refractivity contribution in [2.45, 2.75) is 297 Å². The molecule has 6 nitrogen and oxygen atoms in total. The first-order valence-corrected chi connectivity index (χ1v) is 32.7. The van der Waals surface area contributed by atoms with Gasteiger partial charge in [0.25, 0.3) is 0 Å². The number of carbonyl (C=O) groups excluding carboxylic acids is 3. The number of ether oxygens (including phenoxy) is 3. The summed E-state index contributed by atoms with van der Waals surface area (Å²) < 4.78 is 16.9. The van der Waals surface area contributed by atoms with E-state index in [1.165, 1.54) is 109 Å². The van der Waals surface area contributed by atoms with Crippen molar-refractivity contribution in [3.05, 3.63) is 134 Å². The summed E-state index contributed by atoms with van der Waals surface area (Å²) in [7, 11) is 0. The summed E-state index contributed by atoms with van der Waals surface area (Å²) in [6, 6.07) is 0. The van der Waals surface area contributed by atoms with E-state index < -0.39 is 6.10 Å². The predicted molar refractivity (Wildman–Crippen MR) is 343 cm³/mol. The highest BCUT2D eigenvalue weighted by molar-refractivity contribution is 5.71. The van der Waals surface area contributed by atoms with Crippen molar-refractivity contribution in [3.8, 4) is 0 Å². The molecule has 0 fully saturated rings. The van der Waals surface area contributed by atoms with Crippen LogP contribution in [0, 0.1) is 0 Å². The highest BCUT2D eigenvalue weighted by atomic mass is 16.6. The fourth-order valence-electron chi connectivity index (χ4n) is 8.70. The predicted octanol–water partition coefficient (Wildman–Crippen LogP) is 22.5. The summed E-state index contributed by atoms with van der Waals surface area (Å²) in [4.78, 5) is 38.3. The van der Waals surface area contributed by atoms with E-state index in [1.807, 2.05) is 0 Å². The Morgan fingerprint density at radius 2 is 0.506 bits per heavy atom. The second-order valence-corrected chi connectivity index (χ2v) is 21.3. The third kappa shape index (κ3) is 64.3. The molecule has 0 aliphatic carbocycles. The van der Waals surface area contributed by atoms with Gasteiger partial charge in [0.05, 0.1) is 0 Å². The van der Waals surface area contributed by atoms with Crippen molar-refractivity contribution >= 4 is 17.9 Å². The zero-order chi connectivity index (χ0) is 57.1. The fraction of sp³-hybridized carbons (Fsp3) is 0.658. The van der Waals surface area contributed by atoms with E-state index in [4.69, 9.17) is 14.2 Å². The van der Waals surface area contributed by atoms with Crippen LogP contribution in [0.4, 0.5) is 0 Å². The topological polar surface area (TPSA) is 78.9 Å². The molecule has 0 aromatic carbocycles. The number of esters is 3. The van der Waals surface area contributed by atoms with Gasteiger partial charge in [0.1, 0.15) is 13.2 Å². The zero-order valence-electron chi connectivity index (χ0n) is 51.3. The van der Waals surface area contributed by atoms with Crippen LogP contribution < -0.4 is 0 Å². The van der Waals surface area contributed by atoms with Crippen LogP contribution in [0.3, 0.4) is 0 Å². The van der Waals surface area contributed by atoms with Gasteiger partial charge in [-0.1, -0.05) is 270 Å². The Bertz CT molecular complexity index is 1680. The number of hydrogen-bond acceptors (Lipinski definition) is 6. The van der Waals surface area contributed by atoms with E-state index in [-0.39, 0.29) is 31.1 Å². The van der Waals surface area contributed by atoms with Crippen LogP contribution in [0.25, 0.3) is 0 Å². The van der Waals surface area contributed by atoms with Crippen molar-refractivity contribution in [2.24, 2.45) is 0 Å². The first kappa shape index (κ1) is 74.5. The lowest BCUT2D eigenvalue weighted by Gasteiger charge is -2.18. The summed E-state index contributed by atoms with van der Waals surface area (Å²) >= 11 is 0. The van der Waals surface area contributed by atoms with Crippen LogP contribution in [-0.4, -0.2) is 37.2 Å². The molecule has 0 amide bonds. The highest BCUT2D eigenvalue weighted by Gasteiger charge is 2.19. The van der Waals surface area contributed by atoms with Crippen LogP contribution >= 0.6 is 0 Å². The minimum absolute atomic E-state index is 0.0953. The van der Waals surface area contributed by atoms with E-state index in [0.717, 1.165) is 141 Å². The van der Waals surface area contributed by atoms with Crippen molar-refractivity contribution in [3.63, 3.8) is 0 Å². The number of hydrogen-bond donors (Lipinski definition) is 0. The first-order chi connectivity index (χ1) is 39.0. The summed E-state index contributed by atoms with van der Waals surface area (Å²) in [6.45, 7) is 6.45. The van der Waals surface area contributed by atoms with Gasteiger partial charge in [-0.3, -0.25) is 14.4 Å². The highest BCUT2D eigenvalue weighted by Crippen LogP contribution is 2.15. The summed E-state index contributed by atoms with van der Waals surface area (Å²) in [6.07, 6.45) is 93.2. The first-order valence-electron chi connectivity index (χ1n) is 32.7. The maximum absolute atomic E-state index is 12.9. The Labute approximate surface area is 487 Å². The van der Waals surface area contributed by atoms with Crippen LogP contribution in [0.1, 0.15) is 290 Å². The molecular formula is C73H120O6. The molecule has 0 N–H and O–H groups in total. The monoisotopic (exact) mass is 1090 g/mol. The van der Waals surface area contributed by atoms with Gasteiger partial charge in [0.2, 0.25) is 0 Å². The lowest BCUT2D eigenvalue weighted by atomic mass is 10.1.